The van der Waals surface area contributed by atoms with Gasteiger partial charge in [0.15, 0.2) is 0 Å². The fraction of sp³-hybridized carbons (Fsp3) is 0.900. The molecule has 4 heteroatoms. The zero-order valence-corrected chi connectivity index (χ0v) is 8.54. The van der Waals surface area contributed by atoms with Crippen LogP contribution in [0.5, 0.6) is 0 Å². The first kappa shape index (κ1) is 9.77. The monoisotopic (exact) mass is 197 g/mol. The average molecular weight is 197 g/mol. The Bertz CT molecular complexity index is 213. The van der Waals surface area contributed by atoms with Crippen LogP contribution in [0.1, 0.15) is 32.1 Å². The molecular weight excluding hydrogens is 178 g/mol. The fourth-order valence-electron chi connectivity index (χ4n) is 2.34. The highest BCUT2D eigenvalue weighted by atomic mass is 16.2. The van der Waals surface area contributed by atoms with Crippen molar-refractivity contribution < 1.29 is 4.79 Å². The predicted octanol–water partition coefficient (Wildman–Crippen LogP) is 0.672. The number of nitrogens with one attached hydrogen (secondary N) is 1. The lowest BCUT2D eigenvalue weighted by atomic mass is 10.2. The van der Waals surface area contributed by atoms with Crippen LogP contribution in [0.25, 0.3) is 0 Å². The van der Waals surface area contributed by atoms with Crippen molar-refractivity contribution in [1.29, 1.82) is 0 Å². The third-order valence-electron chi connectivity index (χ3n) is 3.27. The summed E-state index contributed by atoms with van der Waals surface area (Å²) in [6.45, 7) is 1.82. The van der Waals surface area contributed by atoms with Gasteiger partial charge in [-0.1, -0.05) is 0 Å². The molecule has 0 bridgehead atoms. The van der Waals surface area contributed by atoms with Crippen LogP contribution in [0.2, 0.25) is 0 Å². The number of carbonyl (C=O) groups excluding carboxylic acids is 1. The van der Waals surface area contributed by atoms with E-state index in [9.17, 15) is 4.79 Å². The van der Waals surface area contributed by atoms with Gasteiger partial charge in [0.05, 0.1) is 0 Å². The van der Waals surface area contributed by atoms with Crippen LogP contribution < -0.4 is 11.1 Å². The molecule has 2 atom stereocenters. The molecule has 2 unspecified atom stereocenters. The zero-order chi connectivity index (χ0) is 9.97. The average Bonchev–Trinajstić information content (AvgIpc) is 2.77. The Kier molecular flexibility index (Phi) is 2.91. The molecule has 14 heavy (non-hydrogen) atoms. The van der Waals surface area contributed by atoms with E-state index >= 15 is 0 Å². The number of hydrogen-bond donors (Lipinski definition) is 2. The maximum Gasteiger partial charge on any atom is 0.317 e. The van der Waals surface area contributed by atoms with Crippen LogP contribution in [-0.4, -0.2) is 36.1 Å². The first-order valence-corrected chi connectivity index (χ1v) is 5.58. The minimum absolute atomic E-state index is 0.0878. The molecule has 1 aliphatic carbocycles. The minimum atomic E-state index is 0.0878. The van der Waals surface area contributed by atoms with Gasteiger partial charge in [-0.2, -0.15) is 0 Å². The third kappa shape index (κ3) is 2.00. The molecule has 2 rings (SSSR count). The van der Waals surface area contributed by atoms with Crippen molar-refractivity contribution in [3.63, 3.8) is 0 Å². The van der Waals surface area contributed by atoms with Gasteiger partial charge in [0, 0.05) is 25.2 Å². The van der Waals surface area contributed by atoms with E-state index in [0.717, 1.165) is 45.2 Å². The summed E-state index contributed by atoms with van der Waals surface area (Å²) in [6.07, 6.45) is 5.52. The van der Waals surface area contributed by atoms with Crippen molar-refractivity contribution in [1.82, 2.24) is 10.2 Å². The number of hydrogen-bond acceptors (Lipinski definition) is 2. The molecule has 2 fully saturated rings. The zero-order valence-electron chi connectivity index (χ0n) is 8.54. The van der Waals surface area contributed by atoms with E-state index in [1.54, 1.807) is 0 Å². The minimum Gasteiger partial charge on any atom is -0.334 e. The Hall–Kier alpha value is -0.770. The van der Waals surface area contributed by atoms with Gasteiger partial charge in [0.25, 0.3) is 0 Å². The second kappa shape index (κ2) is 4.17. The number of amides is 2. The summed E-state index contributed by atoms with van der Waals surface area (Å²) in [5.41, 5.74) is 5.89. The van der Waals surface area contributed by atoms with Crippen LogP contribution in [0.15, 0.2) is 0 Å². The standard InChI is InChI=1S/C10H19N3O/c11-8-4-3-5-9(8)12-10(14)13-6-1-2-7-13/h8-9H,1-7,11H2,(H,12,14). The van der Waals surface area contributed by atoms with Crippen molar-refractivity contribution in [2.45, 2.75) is 44.2 Å². The molecule has 0 spiro atoms. The van der Waals surface area contributed by atoms with E-state index in [2.05, 4.69) is 5.32 Å². The summed E-state index contributed by atoms with van der Waals surface area (Å²) in [6, 6.07) is 0.467. The van der Waals surface area contributed by atoms with Gasteiger partial charge in [0.2, 0.25) is 0 Å². The SMILES string of the molecule is NC1CCCC1NC(=O)N1CCCC1. The molecule has 2 aliphatic rings. The van der Waals surface area contributed by atoms with Crippen LogP contribution in [0, 0.1) is 0 Å². The second-order valence-corrected chi connectivity index (χ2v) is 4.34. The fourth-order valence-corrected chi connectivity index (χ4v) is 2.34. The van der Waals surface area contributed by atoms with E-state index in [1.807, 2.05) is 4.90 Å². The highest BCUT2D eigenvalue weighted by Gasteiger charge is 2.27. The molecule has 0 aromatic carbocycles. The lowest BCUT2D eigenvalue weighted by Gasteiger charge is -2.22. The Morgan fingerprint density at radius 3 is 2.50 bits per heavy atom. The summed E-state index contributed by atoms with van der Waals surface area (Å²) in [5.74, 6) is 0. The number of carbonyl (C=O) groups is 1. The van der Waals surface area contributed by atoms with Gasteiger partial charge in [-0.15, -0.1) is 0 Å². The molecule has 80 valence electrons. The highest BCUT2D eigenvalue weighted by Crippen LogP contribution is 2.17. The first-order valence-electron chi connectivity index (χ1n) is 5.58. The Labute approximate surface area is 84.8 Å². The summed E-state index contributed by atoms with van der Waals surface area (Å²) >= 11 is 0. The van der Waals surface area contributed by atoms with Gasteiger partial charge in [-0.05, 0) is 32.1 Å². The van der Waals surface area contributed by atoms with E-state index < -0.39 is 0 Å². The molecule has 0 aromatic heterocycles. The molecule has 1 heterocycles. The Balaban J connectivity index is 1.81. The number of likely N-dealkylation sites (tertiary alicyclic amines) is 1. The summed E-state index contributed by atoms with van der Waals surface area (Å²) in [5, 5.41) is 3.03. The topological polar surface area (TPSA) is 58.4 Å². The molecule has 0 aromatic rings. The number of nitrogens with zero attached hydrogens (tertiary/aromatic N) is 1. The maximum atomic E-state index is 11.7. The normalized spacial score (nSPS) is 32.2. The quantitative estimate of drug-likeness (QED) is 0.649. The largest absolute Gasteiger partial charge is 0.334 e. The second-order valence-electron chi connectivity index (χ2n) is 4.34. The molecule has 4 nitrogen and oxygen atoms in total. The van der Waals surface area contributed by atoms with Gasteiger partial charge >= 0.3 is 6.03 Å². The van der Waals surface area contributed by atoms with Crippen molar-refractivity contribution in [2.24, 2.45) is 5.73 Å². The molecule has 1 saturated carbocycles. The number of urea groups is 1. The maximum absolute atomic E-state index is 11.7. The molecule has 1 aliphatic heterocycles. The summed E-state index contributed by atoms with van der Waals surface area (Å²) < 4.78 is 0. The molecule has 3 N–H and O–H groups in total. The van der Waals surface area contributed by atoms with Crippen molar-refractivity contribution >= 4 is 6.03 Å². The van der Waals surface area contributed by atoms with Gasteiger partial charge in [-0.3, -0.25) is 0 Å². The molecule has 2 amide bonds. The van der Waals surface area contributed by atoms with Gasteiger partial charge in [0.1, 0.15) is 0 Å². The Morgan fingerprint density at radius 1 is 1.21 bits per heavy atom. The Morgan fingerprint density at radius 2 is 1.93 bits per heavy atom. The molecule has 1 saturated heterocycles. The lowest BCUT2D eigenvalue weighted by molar-refractivity contribution is 0.203. The molecule has 0 radical (unpaired) electrons. The summed E-state index contributed by atoms with van der Waals surface area (Å²) in [7, 11) is 0. The van der Waals surface area contributed by atoms with Gasteiger partial charge < -0.3 is 16.0 Å². The molecular formula is C10H19N3O. The van der Waals surface area contributed by atoms with E-state index in [1.165, 1.54) is 0 Å². The lowest BCUT2D eigenvalue weighted by Crippen LogP contribution is -2.48. The summed E-state index contributed by atoms with van der Waals surface area (Å²) in [4.78, 5) is 13.6. The third-order valence-corrected chi connectivity index (χ3v) is 3.27. The highest BCUT2D eigenvalue weighted by molar-refractivity contribution is 5.74. The van der Waals surface area contributed by atoms with Crippen molar-refractivity contribution in [3.8, 4) is 0 Å². The van der Waals surface area contributed by atoms with Crippen LogP contribution in [-0.2, 0) is 0 Å². The van der Waals surface area contributed by atoms with Gasteiger partial charge in [-0.25, -0.2) is 4.79 Å². The smallest absolute Gasteiger partial charge is 0.317 e. The van der Waals surface area contributed by atoms with Crippen LogP contribution in [0.4, 0.5) is 4.79 Å². The number of nitrogens with two attached hydrogens (primary N) is 1. The van der Waals surface area contributed by atoms with Crippen LogP contribution in [0.3, 0.4) is 0 Å². The predicted molar refractivity (Wildman–Crippen MR) is 55.0 cm³/mol. The van der Waals surface area contributed by atoms with E-state index in [0.29, 0.717) is 0 Å². The number of rotatable bonds is 1. The van der Waals surface area contributed by atoms with Crippen molar-refractivity contribution in [3.05, 3.63) is 0 Å². The van der Waals surface area contributed by atoms with Crippen LogP contribution >= 0.6 is 0 Å². The van der Waals surface area contributed by atoms with Crippen molar-refractivity contribution in [2.75, 3.05) is 13.1 Å². The van der Waals surface area contributed by atoms with E-state index in [-0.39, 0.29) is 18.1 Å². The first-order chi connectivity index (χ1) is 6.77. The van der Waals surface area contributed by atoms with E-state index in [4.69, 9.17) is 5.73 Å².